The number of hydrogen-bond acceptors (Lipinski definition) is 3. The zero-order chi connectivity index (χ0) is 13.0. The maximum atomic E-state index is 5.91. The second-order valence-corrected chi connectivity index (χ2v) is 5.82. The molecule has 0 aromatic heterocycles. The number of halogens is 1. The van der Waals surface area contributed by atoms with Crippen LogP contribution in [0.5, 0.6) is 5.75 Å². The first kappa shape index (κ1) is 13.8. The number of ether oxygens (including phenoxy) is 1. The standard InChI is InChI=1S/C14H21BrN2O/c1-18-14-7-2-10(8-13(14)15)9-17-12-5-3-11(16)4-6-12/h2,7-8,11-12,17H,3-6,9,16H2,1H3. The van der Waals surface area contributed by atoms with E-state index in [1.54, 1.807) is 7.11 Å². The van der Waals surface area contributed by atoms with Gasteiger partial charge in [0.1, 0.15) is 5.75 Å². The third-order valence-electron chi connectivity index (χ3n) is 3.58. The van der Waals surface area contributed by atoms with Crippen molar-refractivity contribution in [3.8, 4) is 5.75 Å². The van der Waals surface area contributed by atoms with E-state index >= 15 is 0 Å². The smallest absolute Gasteiger partial charge is 0.133 e. The molecule has 0 unspecified atom stereocenters. The van der Waals surface area contributed by atoms with Gasteiger partial charge in [0.05, 0.1) is 11.6 Å². The average Bonchev–Trinajstić information content (AvgIpc) is 2.38. The molecule has 0 saturated heterocycles. The van der Waals surface area contributed by atoms with Gasteiger partial charge in [-0.25, -0.2) is 0 Å². The molecule has 0 bridgehead atoms. The number of nitrogens with two attached hydrogens (primary N) is 1. The molecule has 0 radical (unpaired) electrons. The molecule has 0 atom stereocenters. The lowest BCUT2D eigenvalue weighted by Gasteiger charge is -2.27. The van der Waals surface area contributed by atoms with Crippen molar-refractivity contribution in [3.63, 3.8) is 0 Å². The van der Waals surface area contributed by atoms with Crippen LogP contribution in [0.25, 0.3) is 0 Å². The first-order valence-electron chi connectivity index (χ1n) is 6.50. The Labute approximate surface area is 117 Å². The third kappa shape index (κ3) is 3.70. The highest BCUT2D eigenvalue weighted by Gasteiger charge is 2.17. The summed E-state index contributed by atoms with van der Waals surface area (Å²) in [6.45, 7) is 0.905. The van der Waals surface area contributed by atoms with Gasteiger partial charge in [0, 0.05) is 18.6 Å². The van der Waals surface area contributed by atoms with Crippen LogP contribution in [0.1, 0.15) is 31.2 Å². The average molecular weight is 313 g/mol. The molecule has 3 N–H and O–H groups in total. The van der Waals surface area contributed by atoms with Crippen molar-refractivity contribution >= 4 is 15.9 Å². The van der Waals surface area contributed by atoms with Crippen molar-refractivity contribution in [2.45, 2.75) is 44.3 Å². The van der Waals surface area contributed by atoms with E-state index in [-0.39, 0.29) is 0 Å². The quantitative estimate of drug-likeness (QED) is 0.898. The molecule has 18 heavy (non-hydrogen) atoms. The Bertz CT molecular complexity index is 389. The summed E-state index contributed by atoms with van der Waals surface area (Å²) in [6, 6.07) is 7.24. The van der Waals surface area contributed by atoms with Crippen molar-refractivity contribution in [2.75, 3.05) is 7.11 Å². The van der Waals surface area contributed by atoms with E-state index in [0.717, 1.165) is 29.6 Å². The molecule has 1 aliphatic rings. The van der Waals surface area contributed by atoms with Gasteiger partial charge in [-0.2, -0.15) is 0 Å². The Kier molecular flexibility index (Phi) is 5.03. The molecule has 0 spiro atoms. The fourth-order valence-electron chi connectivity index (χ4n) is 2.41. The monoisotopic (exact) mass is 312 g/mol. The highest BCUT2D eigenvalue weighted by atomic mass is 79.9. The predicted molar refractivity (Wildman–Crippen MR) is 77.8 cm³/mol. The van der Waals surface area contributed by atoms with Crippen LogP contribution in [-0.4, -0.2) is 19.2 Å². The summed E-state index contributed by atoms with van der Waals surface area (Å²) in [6.07, 6.45) is 4.67. The van der Waals surface area contributed by atoms with Gasteiger partial charge < -0.3 is 15.8 Å². The van der Waals surface area contributed by atoms with Gasteiger partial charge in [0.2, 0.25) is 0 Å². The number of methoxy groups -OCH3 is 1. The van der Waals surface area contributed by atoms with E-state index in [0.29, 0.717) is 12.1 Å². The minimum Gasteiger partial charge on any atom is -0.496 e. The van der Waals surface area contributed by atoms with Gasteiger partial charge in [-0.1, -0.05) is 6.07 Å². The Balaban J connectivity index is 1.84. The van der Waals surface area contributed by atoms with Crippen LogP contribution >= 0.6 is 15.9 Å². The van der Waals surface area contributed by atoms with E-state index in [4.69, 9.17) is 10.5 Å². The third-order valence-corrected chi connectivity index (χ3v) is 4.20. The SMILES string of the molecule is COc1ccc(CNC2CCC(N)CC2)cc1Br. The lowest BCUT2D eigenvalue weighted by molar-refractivity contribution is 0.341. The van der Waals surface area contributed by atoms with E-state index in [1.807, 2.05) is 6.07 Å². The summed E-state index contributed by atoms with van der Waals surface area (Å²) < 4.78 is 6.23. The molecule has 1 fully saturated rings. The second kappa shape index (κ2) is 6.55. The molecule has 1 saturated carbocycles. The molecule has 2 rings (SSSR count). The van der Waals surface area contributed by atoms with Crippen LogP contribution < -0.4 is 15.8 Å². The number of nitrogens with one attached hydrogen (secondary N) is 1. The fourth-order valence-corrected chi connectivity index (χ4v) is 2.99. The zero-order valence-electron chi connectivity index (χ0n) is 10.8. The second-order valence-electron chi connectivity index (χ2n) is 4.96. The highest BCUT2D eigenvalue weighted by Crippen LogP contribution is 2.25. The van der Waals surface area contributed by atoms with Crippen LogP contribution in [-0.2, 0) is 6.54 Å². The summed E-state index contributed by atoms with van der Waals surface area (Å²) in [4.78, 5) is 0. The predicted octanol–water partition coefficient (Wildman–Crippen LogP) is 2.82. The van der Waals surface area contributed by atoms with Crippen LogP contribution in [0.15, 0.2) is 22.7 Å². The molecular formula is C14H21BrN2O. The first-order chi connectivity index (χ1) is 8.69. The van der Waals surface area contributed by atoms with E-state index < -0.39 is 0 Å². The Morgan fingerprint density at radius 3 is 2.67 bits per heavy atom. The lowest BCUT2D eigenvalue weighted by atomic mass is 9.92. The highest BCUT2D eigenvalue weighted by molar-refractivity contribution is 9.10. The Hall–Kier alpha value is -0.580. The van der Waals surface area contributed by atoms with Crippen molar-refractivity contribution in [1.29, 1.82) is 0 Å². The van der Waals surface area contributed by atoms with Gasteiger partial charge >= 0.3 is 0 Å². The maximum Gasteiger partial charge on any atom is 0.133 e. The van der Waals surface area contributed by atoms with Crippen molar-refractivity contribution in [2.24, 2.45) is 5.73 Å². The van der Waals surface area contributed by atoms with Gasteiger partial charge in [-0.05, 0) is 59.3 Å². The number of hydrogen-bond donors (Lipinski definition) is 2. The minimum absolute atomic E-state index is 0.415. The Morgan fingerprint density at radius 2 is 2.06 bits per heavy atom. The van der Waals surface area contributed by atoms with E-state index in [1.165, 1.54) is 18.4 Å². The first-order valence-corrected chi connectivity index (χ1v) is 7.29. The Morgan fingerprint density at radius 1 is 1.33 bits per heavy atom. The molecule has 1 aromatic rings. The van der Waals surface area contributed by atoms with Crippen LogP contribution in [0, 0.1) is 0 Å². The number of rotatable bonds is 4. The topological polar surface area (TPSA) is 47.3 Å². The van der Waals surface area contributed by atoms with Gasteiger partial charge in [-0.3, -0.25) is 0 Å². The normalized spacial score (nSPS) is 23.9. The van der Waals surface area contributed by atoms with Crippen LogP contribution in [0.4, 0.5) is 0 Å². The van der Waals surface area contributed by atoms with Crippen molar-refractivity contribution < 1.29 is 4.74 Å². The molecule has 0 amide bonds. The number of benzene rings is 1. The zero-order valence-corrected chi connectivity index (χ0v) is 12.4. The fraction of sp³-hybridized carbons (Fsp3) is 0.571. The van der Waals surface area contributed by atoms with Crippen LogP contribution in [0.2, 0.25) is 0 Å². The summed E-state index contributed by atoms with van der Waals surface area (Å²) in [5.74, 6) is 0.877. The molecule has 0 aliphatic heterocycles. The summed E-state index contributed by atoms with van der Waals surface area (Å²) in [7, 11) is 1.68. The molecule has 4 heteroatoms. The largest absolute Gasteiger partial charge is 0.496 e. The molecule has 1 aromatic carbocycles. The van der Waals surface area contributed by atoms with Gasteiger partial charge in [-0.15, -0.1) is 0 Å². The molecule has 100 valence electrons. The lowest BCUT2D eigenvalue weighted by Crippen LogP contribution is -2.37. The molecule has 0 heterocycles. The van der Waals surface area contributed by atoms with Crippen molar-refractivity contribution in [3.05, 3.63) is 28.2 Å². The molecule has 1 aliphatic carbocycles. The molecule has 3 nitrogen and oxygen atoms in total. The van der Waals surface area contributed by atoms with Gasteiger partial charge in [0.25, 0.3) is 0 Å². The van der Waals surface area contributed by atoms with E-state index in [2.05, 4.69) is 33.4 Å². The van der Waals surface area contributed by atoms with E-state index in [9.17, 15) is 0 Å². The minimum atomic E-state index is 0.415. The van der Waals surface area contributed by atoms with Crippen molar-refractivity contribution in [1.82, 2.24) is 5.32 Å². The maximum absolute atomic E-state index is 5.91. The summed E-state index contributed by atoms with van der Waals surface area (Å²) in [5, 5.41) is 3.61. The summed E-state index contributed by atoms with van der Waals surface area (Å²) >= 11 is 3.51. The summed E-state index contributed by atoms with van der Waals surface area (Å²) in [5.41, 5.74) is 7.18. The van der Waals surface area contributed by atoms with Gasteiger partial charge in [0.15, 0.2) is 0 Å². The molecular weight excluding hydrogens is 292 g/mol. The van der Waals surface area contributed by atoms with Crippen LogP contribution in [0.3, 0.4) is 0 Å².